The van der Waals surface area contributed by atoms with Crippen LogP contribution in [0.3, 0.4) is 0 Å². The molecule has 0 radical (unpaired) electrons. The monoisotopic (exact) mass is 538 g/mol. The number of ether oxygens (including phenoxy) is 1. The van der Waals surface area contributed by atoms with E-state index < -0.39 is 23.8 Å². The summed E-state index contributed by atoms with van der Waals surface area (Å²) in [7, 11) is 1.48. The summed E-state index contributed by atoms with van der Waals surface area (Å²) in [4.78, 5) is 31.8. The number of hydrogen-bond acceptors (Lipinski definition) is 5. The highest BCUT2D eigenvalue weighted by Crippen LogP contribution is 2.37. The second-order valence-corrected chi connectivity index (χ2v) is 9.08. The average Bonchev–Trinajstić information content (AvgIpc) is 3.53. The molecule has 1 atom stereocenters. The van der Waals surface area contributed by atoms with E-state index in [0.29, 0.717) is 28.6 Å². The number of amides is 2. The molecule has 0 bridgehead atoms. The molecule has 3 heterocycles. The van der Waals surface area contributed by atoms with Gasteiger partial charge in [-0.3, -0.25) is 9.59 Å². The van der Waals surface area contributed by atoms with Crippen molar-refractivity contribution in [2.45, 2.75) is 32.5 Å². The lowest BCUT2D eigenvalue weighted by Crippen LogP contribution is -2.39. The summed E-state index contributed by atoms with van der Waals surface area (Å²) < 4.78 is 49.4. The van der Waals surface area contributed by atoms with Crippen LogP contribution in [0, 0.1) is 6.92 Å². The Morgan fingerprint density at radius 3 is 2.33 bits per heavy atom. The highest BCUT2D eigenvalue weighted by atomic mass is 19.4. The fraction of sp³-hybridized carbons (Fsp3) is 0.259. The number of aryl methyl sites for hydroxylation is 1. The number of carbonyl (C=O) groups excluding carboxylic acids is 2. The van der Waals surface area contributed by atoms with E-state index in [9.17, 15) is 22.8 Å². The number of methoxy groups -OCH3 is 1. The Kier molecular flexibility index (Phi) is 6.62. The van der Waals surface area contributed by atoms with Crippen LogP contribution < -0.4 is 15.0 Å². The van der Waals surface area contributed by atoms with Crippen LogP contribution in [0.5, 0.6) is 5.75 Å². The minimum atomic E-state index is -4.71. The van der Waals surface area contributed by atoms with Crippen LogP contribution in [0.25, 0.3) is 5.69 Å². The van der Waals surface area contributed by atoms with E-state index in [-0.39, 0.29) is 30.1 Å². The van der Waals surface area contributed by atoms with Crippen LogP contribution >= 0.6 is 0 Å². The highest BCUT2D eigenvalue weighted by molar-refractivity contribution is 6.07. The number of aromatic nitrogens is 4. The molecule has 1 unspecified atom stereocenters. The number of benzene rings is 2. The van der Waals surface area contributed by atoms with Gasteiger partial charge in [-0.2, -0.15) is 18.3 Å². The summed E-state index contributed by atoms with van der Waals surface area (Å²) in [5, 5.41) is 6.64. The molecule has 0 spiro atoms. The van der Waals surface area contributed by atoms with Crippen LogP contribution in [-0.4, -0.2) is 44.8 Å². The lowest BCUT2D eigenvalue weighted by Gasteiger charge is -2.28. The van der Waals surface area contributed by atoms with Gasteiger partial charge in [-0.15, -0.1) is 0 Å². The van der Waals surface area contributed by atoms with Gasteiger partial charge < -0.3 is 19.5 Å². The van der Waals surface area contributed by atoms with Crippen LogP contribution in [0.2, 0.25) is 0 Å². The van der Waals surface area contributed by atoms with E-state index in [1.165, 1.54) is 12.0 Å². The maximum atomic E-state index is 13.8. The Morgan fingerprint density at radius 2 is 1.74 bits per heavy atom. The maximum Gasteiger partial charge on any atom is 0.435 e. The van der Waals surface area contributed by atoms with Crippen molar-refractivity contribution >= 4 is 23.2 Å². The lowest BCUT2D eigenvalue weighted by atomic mass is 10.0. The lowest BCUT2D eigenvalue weighted by molar-refractivity contribution is -0.142. The number of hydrogen-bond donors (Lipinski definition) is 1. The van der Waals surface area contributed by atoms with Crippen LogP contribution in [0.1, 0.15) is 40.5 Å². The van der Waals surface area contributed by atoms with Crippen LogP contribution in [0.15, 0.2) is 60.9 Å². The zero-order valence-electron chi connectivity index (χ0n) is 21.4. The van der Waals surface area contributed by atoms with Crippen molar-refractivity contribution in [2.24, 2.45) is 0 Å². The highest BCUT2D eigenvalue weighted by Gasteiger charge is 2.43. The third-order valence-electron chi connectivity index (χ3n) is 6.71. The quantitative estimate of drug-likeness (QED) is 0.380. The van der Waals surface area contributed by atoms with Gasteiger partial charge in [-0.1, -0.05) is 0 Å². The molecule has 0 aliphatic carbocycles. The van der Waals surface area contributed by atoms with Gasteiger partial charge in [0.2, 0.25) is 5.91 Å². The van der Waals surface area contributed by atoms with Gasteiger partial charge in [0.15, 0.2) is 5.69 Å². The van der Waals surface area contributed by atoms with Gasteiger partial charge in [-0.05, 0) is 68.8 Å². The number of imidazole rings is 1. The molecule has 2 aromatic heterocycles. The molecule has 1 aliphatic heterocycles. The number of nitrogens with one attached hydrogen (secondary N) is 1. The smallest absolute Gasteiger partial charge is 0.435 e. The van der Waals surface area contributed by atoms with Crippen molar-refractivity contribution in [3.8, 4) is 11.4 Å². The van der Waals surface area contributed by atoms with Crippen molar-refractivity contribution in [1.82, 2.24) is 19.3 Å². The summed E-state index contributed by atoms with van der Waals surface area (Å²) >= 11 is 0. The van der Waals surface area contributed by atoms with Gasteiger partial charge in [0.1, 0.15) is 23.3 Å². The molecule has 202 valence electrons. The van der Waals surface area contributed by atoms with Gasteiger partial charge >= 0.3 is 6.18 Å². The predicted octanol–water partition coefficient (Wildman–Crippen LogP) is 4.81. The molecule has 0 fully saturated rings. The normalized spacial score (nSPS) is 14.2. The zero-order valence-corrected chi connectivity index (χ0v) is 21.4. The van der Waals surface area contributed by atoms with Crippen LogP contribution in [0.4, 0.5) is 24.5 Å². The first-order valence-corrected chi connectivity index (χ1v) is 12.1. The average molecular weight is 539 g/mol. The third-order valence-corrected chi connectivity index (χ3v) is 6.71. The second-order valence-electron chi connectivity index (χ2n) is 9.08. The first-order valence-electron chi connectivity index (χ1n) is 12.1. The minimum absolute atomic E-state index is 0.0215. The van der Waals surface area contributed by atoms with Crippen molar-refractivity contribution in [1.29, 1.82) is 0 Å². The van der Waals surface area contributed by atoms with Crippen molar-refractivity contribution in [3.63, 3.8) is 0 Å². The van der Waals surface area contributed by atoms with Crippen molar-refractivity contribution in [3.05, 3.63) is 83.7 Å². The Bertz CT molecular complexity index is 1520. The van der Waals surface area contributed by atoms with E-state index in [2.05, 4.69) is 15.4 Å². The zero-order chi connectivity index (χ0) is 27.9. The molecule has 5 rings (SSSR count). The summed E-state index contributed by atoms with van der Waals surface area (Å²) in [6, 6.07) is 12.3. The minimum Gasteiger partial charge on any atom is -0.497 e. The number of nitrogens with zero attached hydrogens (tertiary/aromatic N) is 5. The molecule has 2 aromatic carbocycles. The van der Waals surface area contributed by atoms with E-state index in [4.69, 9.17) is 4.74 Å². The summed E-state index contributed by atoms with van der Waals surface area (Å²) in [5.41, 5.74) is -0.0353. The van der Waals surface area contributed by atoms with Crippen molar-refractivity contribution < 1.29 is 27.5 Å². The fourth-order valence-electron chi connectivity index (χ4n) is 4.64. The number of rotatable bonds is 6. The molecular weight excluding hydrogens is 513 g/mol. The summed E-state index contributed by atoms with van der Waals surface area (Å²) in [5.74, 6) is 0.380. The molecule has 12 heteroatoms. The Balaban J connectivity index is 1.41. The molecule has 0 saturated heterocycles. The molecule has 2 amide bonds. The molecule has 1 aliphatic rings. The molecule has 4 aromatic rings. The number of alkyl halides is 3. The first-order chi connectivity index (χ1) is 18.6. The largest absolute Gasteiger partial charge is 0.497 e. The Morgan fingerprint density at radius 1 is 1.08 bits per heavy atom. The van der Waals surface area contributed by atoms with Crippen molar-refractivity contribution in [2.75, 3.05) is 23.9 Å². The first kappa shape index (κ1) is 26.0. The summed E-state index contributed by atoms with van der Waals surface area (Å²) in [6.45, 7) is 3.60. The SMILES string of the molecule is COc1ccc(-n2nc(C(F)(F)F)c3c2C(=O)N(c2ccc(NC(=O)C(C)n4ccnc4C)cc2)CC3)cc1. The summed E-state index contributed by atoms with van der Waals surface area (Å²) in [6.07, 6.45) is -1.39. The fourth-order valence-corrected chi connectivity index (χ4v) is 4.64. The molecule has 1 N–H and O–H groups in total. The van der Waals surface area contributed by atoms with Gasteiger partial charge in [-0.25, -0.2) is 9.67 Å². The van der Waals surface area contributed by atoms with E-state index in [0.717, 1.165) is 4.68 Å². The van der Waals surface area contributed by atoms with E-state index >= 15 is 0 Å². The Labute approximate surface area is 221 Å². The van der Waals surface area contributed by atoms with Gasteiger partial charge in [0, 0.05) is 35.9 Å². The number of halogens is 3. The third kappa shape index (κ3) is 4.85. The molecule has 9 nitrogen and oxygen atoms in total. The van der Waals surface area contributed by atoms with Gasteiger partial charge in [0.05, 0.1) is 12.8 Å². The topological polar surface area (TPSA) is 94.3 Å². The maximum absolute atomic E-state index is 13.8. The molecule has 39 heavy (non-hydrogen) atoms. The van der Waals surface area contributed by atoms with Crippen LogP contribution in [-0.2, 0) is 17.4 Å². The second kappa shape index (κ2) is 9.93. The molecular formula is C27H25F3N6O3. The molecule has 0 saturated carbocycles. The van der Waals surface area contributed by atoms with Gasteiger partial charge in [0.25, 0.3) is 5.91 Å². The number of carbonyl (C=O) groups is 2. The van der Waals surface area contributed by atoms with E-state index in [1.807, 2.05) is 0 Å². The predicted molar refractivity (Wildman–Crippen MR) is 137 cm³/mol. The number of fused-ring (bicyclic) bond motifs is 1. The Hall–Kier alpha value is -4.61. The number of anilines is 2. The van der Waals surface area contributed by atoms with E-state index in [1.54, 1.807) is 79.3 Å². The standard InChI is InChI=1S/C27H25F3N6O3/c1-16(34-15-13-31-17(34)2)25(37)32-18-4-6-19(7-5-18)35-14-12-22-23(26(35)38)36(33-24(22)27(28,29)30)20-8-10-21(39-3)11-9-20/h4-11,13,15-16H,12,14H2,1-3H3,(H,32,37).